The molecule has 100 valence electrons. The van der Waals surface area contributed by atoms with E-state index in [0.29, 0.717) is 18.5 Å². The molecule has 0 aliphatic carbocycles. The van der Waals surface area contributed by atoms with Gasteiger partial charge in [0.1, 0.15) is 6.61 Å². The fourth-order valence-electron chi connectivity index (χ4n) is 1.44. The van der Waals surface area contributed by atoms with Crippen molar-refractivity contribution in [2.24, 2.45) is 0 Å². The highest BCUT2D eigenvalue weighted by atomic mass is 79.9. The van der Waals surface area contributed by atoms with Crippen LogP contribution >= 0.6 is 15.9 Å². The first-order valence-electron chi connectivity index (χ1n) is 5.75. The van der Waals surface area contributed by atoms with E-state index in [1.807, 2.05) is 30.3 Å². The Balaban J connectivity index is 2.37. The van der Waals surface area contributed by atoms with Gasteiger partial charge in [0.15, 0.2) is 0 Å². The molecular formula is C13H18BrNO3. The second-order valence-corrected chi connectivity index (χ2v) is 4.38. The molecule has 1 aromatic rings. The summed E-state index contributed by atoms with van der Waals surface area (Å²) in [5.41, 5.74) is 1.07. The fraction of sp³-hybridized carbons (Fsp3) is 0.462. The van der Waals surface area contributed by atoms with Crippen molar-refractivity contribution >= 4 is 21.8 Å². The number of hydrogen-bond donors (Lipinski definition) is 1. The van der Waals surface area contributed by atoms with E-state index in [1.54, 1.807) is 7.11 Å². The molecular weight excluding hydrogens is 298 g/mol. The number of carbonyl (C=O) groups is 1. The number of nitrogens with one attached hydrogen (secondary N) is 1. The Morgan fingerprint density at radius 3 is 2.67 bits per heavy atom. The van der Waals surface area contributed by atoms with Gasteiger partial charge in [-0.15, -0.1) is 0 Å². The Labute approximate surface area is 116 Å². The van der Waals surface area contributed by atoms with Crippen molar-refractivity contribution < 1.29 is 14.3 Å². The highest BCUT2D eigenvalue weighted by Gasteiger charge is 2.12. The van der Waals surface area contributed by atoms with Crippen LogP contribution in [0.5, 0.6) is 0 Å². The maximum absolute atomic E-state index is 11.7. The molecule has 0 spiro atoms. The number of amides is 1. The topological polar surface area (TPSA) is 47.6 Å². The Kier molecular flexibility index (Phi) is 7.64. The van der Waals surface area contributed by atoms with Gasteiger partial charge in [0.2, 0.25) is 5.91 Å². The highest BCUT2D eigenvalue weighted by molar-refractivity contribution is 9.09. The standard InChI is InChI=1S/C13H18BrNO3/c1-17-7-8-18-10-13(16)15-12(9-14)11-5-3-2-4-6-11/h2-6,12H,7-10H2,1H3,(H,15,16). The summed E-state index contributed by atoms with van der Waals surface area (Å²) in [7, 11) is 1.60. The molecule has 1 N–H and O–H groups in total. The van der Waals surface area contributed by atoms with Crippen LogP contribution in [-0.4, -0.2) is 38.2 Å². The third-order valence-corrected chi connectivity index (χ3v) is 3.00. The zero-order valence-corrected chi connectivity index (χ0v) is 12.0. The van der Waals surface area contributed by atoms with Crippen molar-refractivity contribution in [2.45, 2.75) is 6.04 Å². The lowest BCUT2D eigenvalue weighted by molar-refractivity contribution is -0.126. The molecule has 18 heavy (non-hydrogen) atoms. The normalized spacial score (nSPS) is 12.1. The monoisotopic (exact) mass is 315 g/mol. The van der Waals surface area contributed by atoms with Crippen LogP contribution in [-0.2, 0) is 14.3 Å². The number of alkyl halides is 1. The van der Waals surface area contributed by atoms with Crippen molar-refractivity contribution in [1.29, 1.82) is 0 Å². The van der Waals surface area contributed by atoms with Gasteiger partial charge in [-0.3, -0.25) is 4.79 Å². The van der Waals surface area contributed by atoms with Crippen LogP contribution < -0.4 is 5.32 Å². The zero-order chi connectivity index (χ0) is 13.2. The third-order valence-electron chi connectivity index (χ3n) is 2.36. The van der Waals surface area contributed by atoms with Crippen molar-refractivity contribution in [3.05, 3.63) is 35.9 Å². The molecule has 0 aliphatic heterocycles. The van der Waals surface area contributed by atoms with Gasteiger partial charge < -0.3 is 14.8 Å². The first-order valence-corrected chi connectivity index (χ1v) is 6.87. The van der Waals surface area contributed by atoms with Crippen LogP contribution in [0.4, 0.5) is 0 Å². The van der Waals surface area contributed by atoms with Gasteiger partial charge in [-0.1, -0.05) is 46.3 Å². The van der Waals surface area contributed by atoms with Crippen LogP contribution in [0.25, 0.3) is 0 Å². The molecule has 1 amide bonds. The summed E-state index contributed by atoms with van der Waals surface area (Å²) in [6.07, 6.45) is 0. The molecule has 0 bridgehead atoms. The minimum atomic E-state index is -0.126. The predicted octanol–water partition coefficient (Wildman–Crippen LogP) is 1.90. The van der Waals surface area contributed by atoms with Gasteiger partial charge >= 0.3 is 0 Å². The molecule has 0 fully saturated rings. The van der Waals surface area contributed by atoms with Crippen molar-refractivity contribution in [3.63, 3.8) is 0 Å². The second-order valence-electron chi connectivity index (χ2n) is 3.73. The highest BCUT2D eigenvalue weighted by Crippen LogP contribution is 2.14. The van der Waals surface area contributed by atoms with E-state index in [0.717, 1.165) is 5.56 Å². The van der Waals surface area contributed by atoms with Crippen LogP contribution in [0.1, 0.15) is 11.6 Å². The SMILES string of the molecule is COCCOCC(=O)NC(CBr)c1ccccc1. The molecule has 0 heterocycles. The quantitative estimate of drug-likeness (QED) is 0.589. The van der Waals surface area contributed by atoms with E-state index in [4.69, 9.17) is 9.47 Å². The van der Waals surface area contributed by atoms with E-state index in [-0.39, 0.29) is 18.6 Å². The average molecular weight is 316 g/mol. The van der Waals surface area contributed by atoms with Crippen LogP contribution in [0, 0.1) is 0 Å². The van der Waals surface area contributed by atoms with E-state index in [1.165, 1.54) is 0 Å². The second kappa shape index (κ2) is 9.08. The molecule has 0 saturated carbocycles. The number of methoxy groups -OCH3 is 1. The first kappa shape index (κ1) is 15.1. The summed E-state index contributed by atoms with van der Waals surface area (Å²) in [6.45, 7) is 0.974. The Morgan fingerprint density at radius 2 is 2.06 bits per heavy atom. The lowest BCUT2D eigenvalue weighted by Crippen LogP contribution is -2.32. The van der Waals surface area contributed by atoms with Crippen LogP contribution in [0.3, 0.4) is 0 Å². The van der Waals surface area contributed by atoms with Gasteiger partial charge in [-0.05, 0) is 5.56 Å². The Bertz CT molecular complexity index is 345. The van der Waals surface area contributed by atoms with E-state index in [9.17, 15) is 4.79 Å². The summed E-state index contributed by atoms with van der Waals surface area (Å²) in [4.78, 5) is 11.7. The number of ether oxygens (including phenoxy) is 2. The van der Waals surface area contributed by atoms with Crippen molar-refractivity contribution in [1.82, 2.24) is 5.32 Å². The van der Waals surface area contributed by atoms with Gasteiger partial charge in [0.05, 0.1) is 19.3 Å². The summed E-state index contributed by atoms with van der Waals surface area (Å²) >= 11 is 3.40. The largest absolute Gasteiger partial charge is 0.382 e. The first-order chi connectivity index (χ1) is 8.77. The number of halogens is 1. The van der Waals surface area contributed by atoms with Gasteiger partial charge in [0.25, 0.3) is 0 Å². The van der Waals surface area contributed by atoms with Crippen molar-refractivity contribution in [3.8, 4) is 0 Å². The molecule has 1 aromatic carbocycles. The summed E-state index contributed by atoms with van der Waals surface area (Å²) in [5.74, 6) is -0.126. The van der Waals surface area contributed by atoms with Gasteiger partial charge in [-0.2, -0.15) is 0 Å². The molecule has 0 radical (unpaired) electrons. The maximum Gasteiger partial charge on any atom is 0.246 e. The lowest BCUT2D eigenvalue weighted by Gasteiger charge is -2.16. The van der Waals surface area contributed by atoms with E-state index < -0.39 is 0 Å². The summed E-state index contributed by atoms with van der Waals surface area (Å²) < 4.78 is 10.00. The molecule has 5 heteroatoms. The molecule has 0 saturated heterocycles. The minimum Gasteiger partial charge on any atom is -0.382 e. The van der Waals surface area contributed by atoms with E-state index in [2.05, 4.69) is 21.2 Å². The van der Waals surface area contributed by atoms with Gasteiger partial charge in [-0.25, -0.2) is 0 Å². The summed E-state index contributed by atoms with van der Waals surface area (Å²) in [6, 6.07) is 9.78. The van der Waals surface area contributed by atoms with E-state index >= 15 is 0 Å². The smallest absolute Gasteiger partial charge is 0.246 e. The molecule has 0 aliphatic rings. The maximum atomic E-state index is 11.7. The molecule has 0 aromatic heterocycles. The number of carbonyl (C=O) groups excluding carboxylic acids is 1. The Morgan fingerprint density at radius 1 is 1.33 bits per heavy atom. The Hall–Kier alpha value is -0.910. The predicted molar refractivity (Wildman–Crippen MR) is 73.8 cm³/mol. The number of rotatable bonds is 8. The summed E-state index contributed by atoms with van der Waals surface area (Å²) in [5, 5.41) is 3.58. The number of hydrogen-bond acceptors (Lipinski definition) is 3. The molecule has 4 nitrogen and oxygen atoms in total. The molecule has 1 unspecified atom stereocenters. The average Bonchev–Trinajstić information content (AvgIpc) is 2.42. The molecule has 1 rings (SSSR count). The minimum absolute atomic E-state index is 0.0373. The van der Waals surface area contributed by atoms with Gasteiger partial charge in [0, 0.05) is 12.4 Å². The number of benzene rings is 1. The van der Waals surface area contributed by atoms with Crippen LogP contribution in [0.2, 0.25) is 0 Å². The lowest BCUT2D eigenvalue weighted by atomic mass is 10.1. The fourth-order valence-corrected chi connectivity index (χ4v) is 1.98. The zero-order valence-electron chi connectivity index (χ0n) is 10.4. The van der Waals surface area contributed by atoms with Crippen LogP contribution in [0.15, 0.2) is 30.3 Å². The molecule has 1 atom stereocenters. The third kappa shape index (κ3) is 5.62. The van der Waals surface area contributed by atoms with Crippen molar-refractivity contribution in [2.75, 3.05) is 32.3 Å².